The van der Waals surface area contributed by atoms with E-state index in [1.165, 1.54) is 32.5 Å². The van der Waals surface area contributed by atoms with Crippen molar-refractivity contribution in [1.82, 2.24) is 4.90 Å². The van der Waals surface area contributed by atoms with Crippen LogP contribution in [0.2, 0.25) is 0 Å². The molecule has 1 rings (SSSR count). The highest BCUT2D eigenvalue weighted by molar-refractivity contribution is 5.03. The largest absolute Gasteiger partial charge is 0.304 e. The SMILES string of the molecule is C/C=C(\C)C1CCN(CC)CC1. The van der Waals surface area contributed by atoms with Crippen molar-refractivity contribution in [1.29, 1.82) is 0 Å². The Morgan fingerprint density at radius 2 is 2.00 bits per heavy atom. The van der Waals surface area contributed by atoms with Crippen LogP contribution in [-0.2, 0) is 0 Å². The number of rotatable bonds is 2. The second-order valence-corrected chi connectivity index (χ2v) is 3.74. The van der Waals surface area contributed by atoms with E-state index in [-0.39, 0.29) is 0 Å². The second-order valence-electron chi connectivity index (χ2n) is 3.74. The first-order valence-electron chi connectivity index (χ1n) is 5.13. The fraction of sp³-hybridized carbons (Fsp3) is 0.818. The van der Waals surface area contributed by atoms with E-state index in [0.29, 0.717) is 0 Å². The molecule has 1 saturated heterocycles. The first-order chi connectivity index (χ1) is 5.77. The molecule has 1 heteroatoms. The number of piperidine rings is 1. The molecule has 1 fully saturated rings. The van der Waals surface area contributed by atoms with Crippen LogP contribution in [0.5, 0.6) is 0 Å². The molecular weight excluding hydrogens is 146 g/mol. The van der Waals surface area contributed by atoms with Gasteiger partial charge in [-0.05, 0) is 52.2 Å². The zero-order valence-corrected chi connectivity index (χ0v) is 8.64. The summed E-state index contributed by atoms with van der Waals surface area (Å²) in [6, 6.07) is 0. The summed E-state index contributed by atoms with van der Waals surface area (Å²) in [4.78, 5) is 2.54. The Bertz CT molecular complexity index is 152. The Hall–Kier alpha value is -0.300. The molecule has 0 aromatic heterocycles. The summed E-state index contributed by atoms with van der Waals surface area (Å²) in [6.07, 6.45) is 5.00. The van der Waals surface area contributed by atoms with E-state index in [0.717, 1.165) is 5.92 Å². The van der Waals surface area contributed by atoms with Crippen LogP contribution in [-0.4, -0.2) is 24.5 Å². The van der Waals surface area contributed by atoms with Crippen molar-refractivity contribution in [3.63, 3.8) is 0 Å². The maximum absolute atomic E-state index is 2.54. The van der Waals surface area contributed by atoms with E-state index in [4.69, 9.17) is 0 Å². The Morgan fingerprint density at radius 3 is 2.42 bits per heavy atom. The van der Waals surface area contributed by atoms with Crippen LogP contribution < -0.4 is 0 Å². The van der Waals surface area contributed by atoms with Gasteiger partial charge in [0.15, 0.2) is 0 Å². The van der Waals surface area contributed by atoms with Gasteiger partial charge in [0.1, 0.15) is 0 Å². The zero-order valence-electron chi connectivity index (χ0n) is 8.64. The van der Waals surface area contributed by atoms with Gasteiger partial charge < -0.3 is 4.90 Å². The lowest BCUT2D eigenvalue weighted by Crippen LogP contribution is -2.33. The molecule has 0 aromatic rings. The van der Waals surface area contributed by atoms with Crippen LogP contribution >= 0.6 is 0 Å². The quantitative estimate of drug-likeness (QED) is 0.572. The van der Waals surface area contributed by atoms with Gasteiger partial charge in [0.25, 0.3) is 0 Å². The lowest BCUT2D eigenvalue weighted by Gasteiger charge is -2.31. The second kappa shape index (κ2) is 4.66. The average molecular weight is 167 g/mol. The van der Waals surface area contributed by atoms with Gasteiger partial charge in [0.2, 0.25) is 0 Å². The van der Waals surface area contributed by atoms with Crippen molar-refractivity contribution in [2.45, 2.75) is 33.6 Å². The first kappa shape index (κ1) is 9.79. The normalized spacial score (nSPS) is 23.1. The maximum Gasteiger partial charge on any atom is -0.00131 e. The molecule has 12 heavy (non-hydrogen) atoms. The predicted molar refractivity (Wildman–Crippen MR) is 54.3 cm³/mol. The van der Waals surface area contributed by atoms with Crippen molar-refractivity contribution in [3.8, 4) is 0 Å². The number of allylic oxidation sites excluding steroid dienone is 2. The van der Waals surface area contributed by atoms with Gasteiger partial charge >= 0.3 is 0 Å². The molecule has 1 aliphatic heterocycles. The highest BCUT2D eigenvalue weighted by Crippen LogP contribution is 2.23. The molecule has 0 N–H and O–H groups in total. The molecule has 0 unspecified atom stereocenters. The van der Waals surface area contributed by atoms with E-state index in [1.54, 1.807) is 5.57 Å². The highest BCUT2D eigenvalue weighted by Gasteiger charge is 2.18. The Labute approximate surface area is 76.5 Å². The minimum absolute atomic E-state index is 0.873. The molecule has 0 aromatic carbocycles. The number of nitrogens with zero attached hydrogens (tertiary/aromatic N) is 1. The van der Waals surface area contributed by atoms with Crippen molar-refractivity contribution in [2.75, 3.05) is 19.6 Å². The summed E-state index contributed by atoms with van der Waals surface area (Å²) in [7, 11) is 0. The van der Waals surface area contributed by atoms with Gasteiger partial charge in [0.05, 0.1) is 0 Å². The van der Waals surface area contributed by atoms with Crippen LogP contribution in [0, 0.1) is 5.92 Å². The first-order valence-corrected chi connectivity index (χ1v) is 5.13. The molecule has 0 spiro atoms. The van der Waals surface area contributed by atoms with Crippen LogP contribution in [0.4, 0.5) is 0 Å². The molecule has 1 nitrogen and oxygen atoms in total. The zero-order chi connectivity index (χ0) is 8.97. The topological polar surface area (TPSA) is 3.24 Å². The molecule has 1 aliphatic rings. The third-order valence-corrected chi connectivity index (χ3v) is 3.13. The van der Waals surface area contributed by atoms with E-state index in [2.05, 4.69) is 31.7 Å². The number of likely N-dealkylation sites (tertiary alicyclic amines) is 1. The Kier molecular flexibility index (Phi) is 3.80. The van der Waals surface area contributed by atoms with Gasteiger partial charge in [-0.3, -0.25) is 0 Å². The molecule has 1 heterocycles. The minimum Gasteiger partial charge on any atom is -0.304 e. The Morgan fingerprint density at radius 1 is 1.42 bits per heavy atom. The molecule has 0 aliphatic carbocycles. The van der Waals surface area contributed by atoms with Crippen molar-refractivity contribution >= 4 is 0 Å². The average Bonchev–Trinajstić information content (AvgIpc) is 2.17. The van der Waals surface area contributed by atoms with E-state index < -0.39 is 0 Å². The van der Waals surface area contributed by atoms with E-state index in [9.17, 15) is 0 Å². The number of hydrogen-bond donors (Lipinski definition) is 0. The predicted octanol–water partition coefficient (Wildman–Crippen LogP) is 2.68. The summed E-state index contributed by atoms with van der Waals surface area (Å²) >= 11 is 0. The van der Waals surface area contributed by atoms with Crippen LogP contribution in [0.3, 0.4) is 0 Å². The molecule has 0 bridgehead atoms. The third-order valence-electron chi connectivity index (χ3n) is 3.13. The summed E-state index contributed by atoms with van der Waals surface area (Å²) in [5.74, 6) is 0.873. The van der Waals surface area contributed by atoms with Crippen LogP contribution in [0.25, 0.3) is 0 Å². The molecule has 0 saturated carbocycles. The van der Waals surface area contributed by atoms with Gasteiger partial charge in [-0.25, -0.2) is 0 Å². The third kappa shape index (κ3) is 2.34. The lowest BCUT2D eigenvalue weighted by molar-refractivity contribution is 0.208. The van der Waals surface area contributed by atoms with Gasteiger partial charge in [-0.2, -0.15) is 0 Å². The maximum atomic E-state index is 2.54. The molecule has 70 valence electrons. The van der Waals surface area contributed by atoms with E-state index >= 15 is 0 Å². The highest BCUT2D eigenvalue weighted by atomic mass is 15.1. The summed E-state index contributed by atoms with van der Waals surface area (Å²) in [5.41, 5.74) is 1.59. The monoisotopic (exact) mass is 167 g/mol. The molecule has 0 atom stereocenters. The standard InChI is InChI=1S/C11H21N/c1-4-10(3)11-6-8-12(5-2)9-7-11/h4,11H,5-9H2,1-3H3/b10-4+. The minimum atomic E-state index is 0.873. The lowest BCUT2D eigenvalue weighted by atomic mass is 9.90. The fourth-order valence-electron chi connectivity index (χ4n) is 1.94. The summed E-state index contributed by atoms with van der Waals surface area (Å²) < 4.78 is 0. The van der Waals surface area contributed by atoms with Gasteiger partial charge in [-0.15, -0.1) is 0 Å². The molecular formula is C11H21N. The van der Waals surface area contributed by atoms with Crippen LogP contribution in [0.1, 0.15) is 33.6 Å². The van der Waals surface area contributed by atoms with E-state index in [1.807, 2.05) is 0 Å². The van der Waals surface area contributed by atoms with Crippen molar-refractivity contribution < 1.29 is 0 Å². The summed E-state index contributed by atoms with van der Waals surface area (Å²) in [5, 5.41) is 0. The van der Waals surface area contributed by atoms with Gasteiger partial charge in [0, 0.05) is 0 Å². The number of hydrogen-bond acceptors (Lipinski definition) is 1. The molecule has 0 radical (unpaired) electrons. The Balaban J connectivity index is 2.36. The van der Waals surface area contributed by atoms with Crippen molar-refractivity contribution in [2.24, 2.45) is 5.92 Å². The van der Waals surface area contributed by atoms with Crippen molar-refractivity contribution in [3.05, 3.63) is 11.6 Å². The summed E-state index contributed by atoms with van der Waals surface area (Å²) in [6.45, 7) is 10.5. The van der Waals surface area contributed by atoms with Gasteiger partial charge in [-0.1, -0.05) is 18.6 Å². The van der Waals surface area contributed by atoms with Crippen LogP contribution in [0.15, 0.2) is 11.6 Å². The fourth-order valence-corrected chi connectivity index (χ4v) is 1.94. The smallest absolute Gasteiger partial charge is 0.00131 e. The molecule has 0 amide bonds.